The SMILES string of the molecule is NCc1ccc(OCCCOCCC2CCC2)cc1. The number of benzene rings is 1. The first-order valence-corrected chi connectivity index (χ1v) is 7.38. The predicted molar refractivity (Wildman–Crippen MR) is 77.2 cm³/mol. The second kappa shape index (κ2) is 8.18. The van der Waals surface area contributed by atoms with Crippen molar-refractivity contribution < 1.29 is 9.47 Å². The van der Waals surface area contributed by atoms with Gasteiger partial charge in [-0.15, -0.1) is 0 Å². The fourth-order valence-electron chi connectivity index (χ4n) is 2.21. The molecule has 0 saturated heterocycles. The Balaban J connectivity index is 1.46. The van der Waals surface area contributed by atoms with E-state index in [1.165, 1.54) is 25.7 Å². The number of rotatable bonds is 9. The van der Waals surface area contributed by atoms with Crippen molar-refractivity contribution >= 4 is 0 Å². The molecule has 1 aromatic carbocycles. The van der Waals surface area contributed by atoms with Gasteiger partial charge in [0.2, 0.25) is 0 Å². The molecule has 0 aliphatic heterocycles. The highest BCUT2D eigenvalue weighted by Gasteiger charge is 2.16. The number of hydrogen-bond acceptors (Lipinski definition) is 3. The van der Waals surface area contributed by atoms with Gasteiger partial charge in [0.25, 0.3) is 0 Å². The molecular formula is C16H25NO2. The maximum atomic E-state index is 5.64. The van der Waals surface area contributed by atoms with Crippen LogP contribution in [0, 0.1) is 5.92 Å². The van der Waals surface area contributed by atoms with E-state index in [1.54, 1.807) is 0 Å². The molecule has 2 rings (SSSR count). The molecular weight excluding hydrogens is 238 g/mol. The minimum atomic E-state index is 0.578. The highest BCUT2D eigenvalue weighted by atomic mass is 16.5. The van der Waals surface area contributed by atoms with Gasteiger partial charge in [-0.25, -0.2) is 0 Å². The van der Waals surface area contributed by atoms with Crippen LogP contribution < -0.4 is 10.5 Å². The van der Waals surface area contributed by atoms with Gasteiger partial charge in [0, 0.05) is 26.2 Å². The highest BCUT2D eigenvalue weighted by Crippen LogP contribution is 2.29. The van der Waals surface area contributed by atoms with Gasteiger partial charge in [-0.2, -0.15) is 0 Å². The Kier molecular flexibility index (Phi) is 6.18. The Morgan fingerprint density at radius 2 is 1.84 bits per heavy atom. The van der Waals surface area contributed by atoms with Gasteiger partial charge in [-0.05, 0) is 30.0 Å². The lowest BCUT2D eigenvalue weighted by Crippen LogP contribution is -2.14. The molecule has 106 valence electrons. The van der Waals surface area contributed by atoms with E-state index >= 15 is 0 Å². The van der Waals surface area contributed by atoms with E-state index in [4.69, 9.17) is 15.2 Å². The van der Waals surface area contributed by atoms with E-state index < -0.39 is 0 Å². The van der Waals surface area contributed by atoms with Crippen molar-refractivity contribution in [1.29, 1.82) is 0 Å². The largest absolute Gasteiger partial charge is 0.494 e. The van der Waals surface area contributed by atoms with Crippen LogP contribution >= 0.6 is 0 Å². The van der Waals surface area contributed by atoms with Crippen LogP contribution in [-0.4, -0.2) is 19.8 Å². The first kappa shape index (κ1) is 14.4. The van der Waals surface area contributed by atoms with Crippen LogP contribution in [-0.2, 0) is 11.3 Å². The Bertz CT molecular complexity index is 346. The Hall–Kier alpha value is -1.06. The van der Waals surface area contributed by atoms with Crippen molar-refractivity contribution in [3.05, 3.63) is 29.8 Å². The molecule has 0 amide bonds. The minimum absolute atomic E-state index is 0.578. The lowest BCUT2D eigenvalue weighted by atomic mass is 9.83. The summed E-state index contributed by atoms with van der Waals surface area (Å²) < 4.78 is 11.3. The van der Waals surface area contributed by atoms with Crippen LogP contribution in [0.3, 0.4) is 0 Å². The average molecular weight is 263 g/mol. The number of ether oxygens (including phenoxy) is 2. The van der Waals surface area contributed by atoms with Crippen LogP contribution in [0.1, 0.15) is 37.7 Å². The molecule has 0 unspecified atom stereocenters. The van der Waals surface area contributed by atoms with Gasteiger partial charge >= 0.3 is 0 Å². The smallest absolute Gasteiger partial charge is 0.119 e. The van der Waals surface area contributed by atoms with Gasteiger partial charge in [0.05, 0.1) is 6.61 Å². The first-order valence-electron chi connectivity index (χ1n) is 7.38. The summed E-state index contributed by atoms with van der Waals surface area (Å²) in [6, 6.07) is 7.95. The summed E-state index contributed by atoms with van der Waals surface area (Å²) in [5, 5.41) is 0. The molecule has 1 fully saturated rings. The molecule has 0 bridgehead atoms. The maximum absolute atomic E-state index is 5.64. The molecule has 0 aromatic heterocycles. The van der Waals surface area contributed by atoms with Crippen LogP contribution in [0.25, 0.3) is 0 Å². The minimum Gasteiger partial charge on any atom is -0.494 e. The third-order valence-electron chi connectivity index (χ3n) is 3.76. The summed E-state index contributed by atoms with van der Waals surface area (Å²) in [4.78, 5) is 0. The standard InChI is InChI=1S/C16H25NO2/c17-13-15-5-7-16(8-6-15)19-11-2-10-18-12-9-14-3-1-4-14/h5-8,14H,1-4,9-13,17H2. The molecule has 0 spiro atoms. The molecule has 1 saturated carbocycles. The first-order chi connectivity index (χ1) is 9.38. The molecule has 19 heavy (non-hydrogen) atoms. The van der Waals surface area contributed by atoms with Crippen molar-refractivity contribution in [3.63, 3.8) is 0 Å². The number of hydrogen-bond donors (Lipinski definition) is 1. The topological polar surface area (TPSA) is 44.5 Å². The van der Waals surface area contributed by atoms with E-state index in [0.717, 1.165) is 36.9 Å². The van der Waals surface area contributed by atoms with Crippen molar-refractivity contribution in [2.75, 3.05) is 19.8 Å². The Labute approximate surface area is 116 Å². The fourth-order valence-corrected chi connectivity index (χ4v) is 2.21. The average Bonchev–Trinajstić information content (AvgIpc) is 2.40. The third kappa shape index (κ3) is 5.21. The molecule has 3 nitrogen and oxygen atoms in total. The van der Waals surface area contributed by atoms with E-state index in [-0.39, 0.29) is 0 Å². The van der Waals surface area contributed by atoms with E-state index in [1.807, 2.05) is 24.3 Å². The van der Waals surface area contributed by atoms with E-state index in [0.29, 0.717) is 13.2 Å². The molecule has 3 heteroatoms. The van der Waals surface area contributed by atoms with Crippen molar-refractivity contribution in [2.24, 2.45) is 11.7 Å². The second-order valence-corrected chi connectivity index (χ2v) is 5.25. The van der Waals surface area contributed by atoms with Crippen molar-refractivity contribution in [3.8, 4) is 5.75 Å². The second-order valence-electron chi connectivity index (χ2n) is 5.25. The monoisotopic (exact) mass is 263 g/mol. The Morgan fingerprint density at radius 3 is 2.47 bits per heavy atom. The summed E-state index contributed by atoms with van der Waals surface area (Å²) in [5.41, 5.74) is 6.68. The maximum Gasteiger partial charge on any atom is 0.119 e. The molecule has 1 aliphatic carbocycles. The van der Waals surface area contributed by atoms with Crippen LogP contribution in [0.4, 0.5) is 0 Å². The van der Waals surface area contributed by atoms with Gasteiger partial charge in [0.15, 0.2) is 0 Å². The lowest BCUT2D eigenvalue weighted by Gasteiger charge is -2.24. The molecule has 2 N–H and O–H groups in total. The summed E-state index contributed by atoms with van der Waals surface area (Å²) >= 11 is 0. The molecule has 1 aliphatic rings. The zero-order chi connectivity index (χ0) is 13.3. The summed E-state index contributed by atoms with van der Waals surface area (Å²) in [7, 11) is 0. The normalized spacial score (nSPS) is 15.2. The van der Waals surface area contributed by atoms with E-state index in [2.05, 4.69) is 0 Å². The summed E-state index contributed by atoms with van der Waals surface area (Å²) in [6.07, 6.45) is 6.42. The van der Waals surface area contributed by atoms with Crippen molar-refractivity contribution in [2.45, 2.75) is 38.6 Å². The van der Waals surface area contributed by atoms with Crippen molar-refractivity contribution in [1.82, 2.24) is 0 Å². The Morgan fingerprint density at radius 1 is 1.05 bits per heavy atom. The summed E-state index contributed by atoms with van der Waals surface area (Å²) in [6.45, 7) is 3.00. The molecule has 0 radical (unpaired) electrons. The molecule has 0 atom stereocenters. The lowest BCUT2D eigenvalue weighted by molar-refractivity contribution is 0.0961. The predicted octanol–water partition coefficient (Wildman–Crippen LogP) is 3.12. The zero-order valence-corrected chi connectivity index (χ0v) is 11.6. The third-order valence-corrected chi connectivity index (χ3v) is 3.76. The zero-order valence-electron chi connectivity index (χ0n) is 11.6. The molecule has 1 aromatic rings. The van der Waals surface area contributed by atoms with Gasteiger partial charge < -0.3 is 15.2 Å². The van der Waals surface area contributed by atoms with Gasteiger partial charge in [0.1, 0.15) is 5.75 Å². The van der Waals surface area contributed by atoms with Crippen LogP contribution in [0.5, 0.6) is 5.75 Å². The quantitative estimate of drug-likeness (QED) is 0.696. The molecule has 0 heterocycles. The van der Waals surface area contributed by atoms with Gasteiger partial charge in [-0.3, -0.25) is 0 Å². The highest BCUT2D eigenvalue weighted by molar-refractivity contribution is 5.26. The summed E-state index contributed by atoms with van der Waals surface area (Å²) in [5.74, 6) is 1.85. The van der Waals surface area contributed by atoms with Gasteiger partial charge in [-0.1, -0.05) is 31.4 Å². The fraction of sp³-hybridized carbons (Fsp3) is 0.625. The van der Waals surface area contributed by atoms with Crippen LogP contribution in [0.2, 0.25) is 0 Å². The van der Waals surface area contributed by atoms with E-state index in [9.17, 15) is 0 Å². The van der Waals surface area contributed by atoms with Crippen LogP contribution in [0.15, 0.2) is 24.3 Å². The number of nitrogens with two attached hydrogens (primary N) is 1.